The number of hydrogen-bond acceptors (Lipinski definition) is 0. The molecule has 0 heteroatoms. The van der Waals surface area contributed by atoms with Crippen LogP contribution in [0.3, 0.4) is 0 Å². The van der Waals surface area contributed by atoms with Gasteiger partial charge in [-0.2, -0.15) is 0 Å². The topological polar surface area (TPSA) is 0 Å². The van der Waals surface area contributed by atoms with Crippen LogP contribution in [0.2, 0.25) is 0 Å². The summed E-state index contributed by atoms with van der Waals surface area (Å²) in [6.07, 6.45) is 0. The zero-order valence-electron chi connectivity index (χ0n) is 16.2. The minimum atomic E-state index is 1.26. The minimum absolute atomic E-state index is 1.26. The molecule has 0 unspecified atom stereocenters. The molecule has 4 aromatic carbocycles. The van der Waals surface area contributed by atoms with Crippen LogP contribution in [-0.4, -0.2) is 0 Å². The van der Waals surface area contributed by atoms with Crippen LogP contribution in [0.4, 0.5) is 0 Å². The lowest BCUT2D eigenvalue weighted by Crippen LogP contribution is -1.93. The highest BCUT2D eigenvalue weighted by Crippen LogP contribution is 2.35. The Morgan fingerprint density at radius 1 is 0.407 bits per heavy atom. The van der Waals surface area contributed by atoms with Gasteiger partial charge in [0.05, 0.1) is 0 Å². The second-order valence-corrected chi connectivity index (χ2v) is 7.23. The Kier molecular flexibility index (Phi) is 4.64. The zero-order valence-corrected chi connectivity index (χ0v) is 16.2. The smallest absolute Gasteiger partial charge is 0.0143 e. The van der Waals surface area contributed by atoms with Crippen molar-refractivity contribution >= 4 is 0 Å². The third-order valence-corrected chi connectivity index (χ3v) is 5.41. The number of benzene rings is 4. The van der Waals surface area contributed by atoms with Crippen LogP contribution in [-0.2, 0) is 0 Å². The first kappa shape index (κ1) is 17.3. The Labute approximate surface area is 162 Å². The second-order valence-electron chi connectivity index (χ2n) is 7.23. The summed E-state index contributed by atoms with van der Waals surface area (Å²) in [7, 11) is 0. The van der Waals surface area contributed by atoms with Gasteiger partial charge in [-0.3, -0.25) is 0 Å². The van der Waals surface area contributed by atoms with E-state index in [4.69, 9.17) is 0 Å². The molecule has 0 amide bonds. The van der Waals surface area contributed by atoms with Gasteiger partial charge in [-0.25, -0.2) is 0 Å². The first-order valence-corrected chi connectivity index (χ1v) is 9.46. The van der Waals surface area contributed by atoms with Crippen LogP contribution >= 0.6 is 0 Å². The summed E-state index contributed by atoms with van der Waals surface area (Å²) >= 11 is 0. The van der Waals surface area contributed by atoms with Crippen molar-refractivity contribution in [2.45, 2.75) is 20.8 Å². The first-order valence-electron chi connectivity index (χ1n) is 9.46. The van der Waals surface area contributed by atoms with Gasteiger partial charge in [0.1, 0.15) is 0 Å². The van der Waals surface area contributed by atoms with E-state index in [1.807, 2.05) is 0 Å². The molecule has 0 aliphatic heterocycles. The predicted octanol–water partition coefficient (Wildman–Crippen LogP) is 7.61. The molecule has 0 aliphatic carbocycles. The molecule has 0 radical (unpaired) electrons. The summed E-state index contributed by atoms with van der Waals surface area (Å²) in [5.74, 6) is 0. The van der Waals surface area contributed by atoms with Crippen LogP contribution in [0, 0.1) is 20.8 Å². The molecule has 0 atom stereocenters. The lowest BCUT2D eigenvalue weighted by atomic mass is 9.88. The largest absolute Gasteiger partial charge is 0.0622 e. The molecular formula is C27H24. The fraction of sp³-hybridized carbons (Fsp3) is 0.111. The van der Waals surface area contributed by atoms with Crippen molar-refractivity contribution < 1.29 is 0 Å². The quantitative estimate of drug-likeness (QED) is 0.357. The summed E-state index contributed by atoms with van der Waals surface area (Å²) in [6.45, 7) is 6.64. The van der Waals surface area contributed by atoms with E-state index in [0.29, 0.717) is 0 Å². The molecule has 0 spiro atoms. The van der Waals surface area contributed by atoms with Gasteiger partial charge in [0, 0.05) is 0 Å². The molecule has 0 bridgehead atoms. The summed E-state index contributed by atoms with van der Waals surface area (Å²) < 4.78 is 0. The molecule has 0 nitrogen and oxygen atoms in total. The van der Waals surface area contributed by atoms with Gasteiger partial charge in [-0.15, -0.1) is 0 Å². The lowest BCUT2D eigenvalue weighted by Gasteiger charge is -2.16. The van der Waals surface area contributed by atoms with Crippen molar-refractivity contribution in [3.05, 3.63) is 108 Å². The molecule has 0 saturated carbocycles. The highest BCUT2D eigenvalue weighted by atomic mass is 14.2. The third-order valence-electron chi connectivity index (χ3n) is 5.41. The van der Waals surface area contributed by atoms with Crippen LogP contribution in [0.1, 0.15) is 16.7 Å². The molecule has 0 N–H and O–H groups in total. The van der Waals surface area contributed by atoms with Gasteiger partial charge in [0.15, 0.2) is 0 Å². The van der Waals surface area contributed by atoms with Crippen molar-refractivity contribution in [3.8, 4) is 33.4 Å². The maximum atomic E-state index is 2.34. The van der Waals surface area contributed by atoms with E-state index in [9.17, 15) is 0 Å². The normalized spacial score (nSPS) is 10.8. The molecule has 0 aromatic heterocycles. The summed E-state index contributed by atoms with van der Waals surface area (Å²) in [6, 6.07) is 32.7. The Hall–Kier alpha value is -3.12. The van der Waals surface area contributed by atoms with Gasteiger partial charge in [0.2, 0.25) is 0 Å². The lowest BCUT2D eigenvalue weighted by molar-refractivity contribution is 1.33. The minimum Gasteiger partial charge on any atom is -0.0622 e. The first-order chi connectivity index (χ1) is 13.1. The van der Waals surface area contributed by atoms with Crippen molar-refractivity contribution in [1.29, 1.82) is 0 Å². The highest BCUT2D eigenvalue weighted by molar-refractivity contribution is 5.81. The van der Waals surface area contributed by atoms with Crippen LogP contribution in [0.15, 0.2) is 91.0 Å². The third kappa shape index (κ3) is 3.44. The van der Waals surface area contributed by atoms with E-state index < -0.39 is 0 Å². The highest BCUT2D eigenvalue weighted by Gasteiger charge is 2.11. The molecule has 0 saturated heterocycles. The summed E-state index contributed by atoms with van der Waals surface area (Å²) in [5.41, 5.74) is 11.7. The van der Waals surface area contributed by atoms with Gasteiger partial charge in [-0.05, 0) is 83.0 Å². The standard InChI is InChI=1S/C27H24/c1-19-14-15-24(22-10-6-4-7-11-22)17-26(19)27-18-25(16-20(2)21(27)3)23-12-8-5-9-13-23/h4-18H,1-3H3. The number of hydrogen-bond donors (Lipinski definition) is 0. The Balaban J connectivity index is 1.90. The van der Waals surface area contributed by atoms with Crippen molar-refractivity contribution in [3.63, 3.8) is 0 Å². The number of aryl methyl sites for hydroxylation is 2. The fourth-order valence-corrected chi connectivity index (χ4v) is 3.66. The fourth-order valence-electron chi connectivity index (χ4n) is 3.66. The van der Waals surface area contributed by atoms with Gasteiger partial charge in [-0.1, -0.05) is 78.9 Å². The van der Waals surface area contributed by atoms with E-state index in [0.717, 1.165) is 0 Å². The Morgan fingerprint density at radius 2 is 0.963 bits per heavy atom. The van der Waals surface area contributed by atoms with Crippen molar-refractivity contribution in [1.82, 2.24) is 0 Å². The zero-order chi connectivity index (χ0) is 18.8. The van der Waals surface area contributed by atoms with E-state index in [2.05, 4.69) is 112 Å². The molecule has 0 heterocycles. The van der Waals surface area contributed by atoms with Gasteiger partial charge >= 0.3 is 0 Å². The molecule has 4 rings (SSSR count). The van der Waals surface area contributed by atoms with Crippen LogP contribution in [0.25, 0.3) is 33.4 Å². The van der Waals surface area contributed by atoms with E-state index in [1.165, 1.54) is 50.1 Å². The van der Waals surface area contributed by atoms with Crippen molar-refractivity contribution in [2.75, 3.05) is 0 Å². The Morgan fingerprint density at radius 3 is 1.59 bits per heavy atom. The maximum absolute atomic E-state index is 2.34. The molecule has 4 aromatic rings. The van der Waals surface area contributed by atoms with Gasteiger partial charge < -0.3 is 0 Å². The monoisotopic (exact) mass is 348 g/mol. The second kappa shape index (κ2) is 7.25. The molecular weight excluding hydrogens is 324 g/mol. The number of rotatable bonds is 3. The SMILES string of the molecule is Cc1ccc(-c2ccccc2)cc1-c1cc(-c2ccccc2)cc(C)c1C. The predicted molar refractivity (Wildman–Crippen MR) is 117 cm³/mol. The molecule has 132 valence electrons. The Bertz CT molecular complexity index is 1070. The van der Waals surface area contributed by atoms with Gasteiger partial charge in [0.25, 0.3) is 0 Å². The van der Waals surface area contributed by atoms with Crippen LogP contribution < -0.4 is 0 Å². The van der Waals surface area contributed by atoms with E-state index in [1.54, 1.807) is 0 Å². The molecule has 0 fully saturated rings. The molecule has 0 aliphatic rings. The summed E-state index contributed by atoms with van der Waals surface area (Å²) in [5, 5.41) is 0. The van der Waals surface area contributed by atoms with Crippen LogP contribution in [0.5, 0.6) is 0 Å². The average molecular weight is 348 g/mol. The van der Waals surface area contributed by atoms with E-state index in [-0.39, 0.29) is 0 Å². The molecule has 27 heavy (non-hydrogen) atoms. The maximum Gasteiger partial charge on any atom is -0.0143 e. The van der Waals surface area contributed by atoms with E-state index >= 15 is 0 Å². The average Bonchev–Trinajstić information content (AvgIpc) is 2.72. The summed E-state index contributed by atoms with van der Waals surface area (Å²) in [4.78, 5) is 0. The van der Waals surface area contributed by atoms with Crippen molar-refractivity contribution in [2.24, 2.45) is 0 Å².